The molecule has 10 nitrogen and oxygen atoms in total. The van der Waals surface area contributed by atoms with Crippen molar-refractivity contribution in [3.8, 4) is 0 Å². The van der Waals surface area contributed by atoms with Crippen molar-refractivity contribution in [1.29, 1.82) is 0 Å². The summed E-state index contributed by atoms with van der Waals surface area (Å²) in [6.07, 6.45) is 0. The number of hydrogen-bond acceptors (Lipinski definition) is 7. The molecule has 4 aromatic rings. The number of nitrogens with one attached hydrogen (secondary N) is 1. The number of non-ortho nitro benzene ring substituents is 1. The van der Waals surface area contributed by atoms with E-state index in [2.05, 4.69) is 5.32 Å². The van der Waals surface area contributed by atoms with Crippen LogP contribution in [0, 0.1) is 22.0 Å². The number of esters is 1. The molecule has 0 spiro atoms. The zero-order valence-corrected chi connectivity index (χ0v) is 22.5. The van der Waals surface area contributed by atoms with E-state index in [9.17, 15) is 29.3 Å². The molecule has 3 aliphatic carbocycles. The van der Waals surface area contributed by atoms with Crippen LogP contribution in [0.4, 0.5) is 17.1 Å². The predicted octanol–water partition coefficient (Wildman–Crippen LogP) is 4.79. The lowest BCUT2D eigenvalue weighted by molar-refractivity contribution is -0.384. The van der Waals surface area contributed by atoms with E-state index in [0.717, 1.165) is 27.2 Å². The van der Waals surface area contributed by atoms with E-state index >= 15 is 0 Å². The quantitative estimate of drug-likeness (QED) is 0.152. The maximum atomic E-state index is 14.1. The summed E-state index contributed by atoms with van der Waals surface area (Å²) < 4.78 is 5.25. The second-order valence-electron chi connectivity index (χ2n) is 10.7. The summed E-state index contributed by atoms with van der Waals surface area (Å²) in [5.74, 6) is -4.18. The molecule has 1 fully saturated rings. The van der Waals surface area contributed by atoms with Gasteiger partial charge in [-0.1, -0.05) is 66.7 Å². The average molecular weight is 574 g/mol. The van der Waals surface area contributed by atoms with Crippen molar-refractivity contribution in [2.24, 2.45) is 11.8 Å². The highest BCUT2D eigenvalue weighted by Crippen LogP contribution is 2.61. The topological polar surface area (TPSA) is 136 Å². The Morgan fingerprint density at radius 3 is 1.86 bits per heavy atom. The van der Waals surface area contributed by atoms with E-state index in [4.69, 9.17) is 4.74 Å². The monoisotopic (exact) mass is 573 g/mol. The first-order valence-corrected chi connectivity index (χ1v) is 13.7. The van der Waals surface area contributed by atoms with E-state index in [1.807, 2.05) is 48.5 Å². The Morgan fingerprint density at radius 2 is 1.30 bits per heavy atom. The number of nitrogens with zero attached hydrogens (tertiary/aromatic N) is 2. The van der Waals surface area contributed by atoms with Gasteiger partial charge < -0.3 is 10.1 Å². The van der Waals surface area contributed by atoms with Gasteiger partial charge in [-0.3, -0.25) is 24.5 Å². The maximum absolute atomic E-state index is 14.1. The van der Waals surface area contributed by atoms with Crippen molar-refractivity contribution in [3.05, 3.63) is 135 Å². The number of hydrogen-bond donors (Lipinski definition) is 1. The van der Waals surface area contributed by atoms with E-state index in [1.165, 1.54) is 36.4 Å². The van der Waals surface area contributed by atoms with E-state index < -0.39 is 35.2 Å². The second-order valence-corrected chi connectivity index (χ2v) is 10.7. The number of ether oxygens (including phenoxy) is 1. The lowest BCUT2D eigenvalue weighted by Gasteiger charge is -2.45. The molecule has 2 atom stereocenters. The minimum absolute atomic E-state index is 0.0339. The first kappa shape index (κ1) is 26.3. The molecule has 2 bridgehead atoms. The van der Waals surface area contributed by atoms with Crippen LogP contribution in [0.5, 0.6) is 0 Å². The first-order chi connectivity index (χ1) is 20.8. The number of anilines is 2. The number of nitro benzene ring substituents is 1. The van der Waals surface area contributed by atoms with Gasteiger partial charge in [-0.05, 0) is 40.5 Å². The van der Waals surface area contributed by atoms with Gasteiger partial charge >= 0.3 is 5.97 Å². The molecule has 0 radical (unpaired) electrons. The third-order valence-corrected chi connectivity index (χ3v) is 8.49. The fourth-order valence-corrected chi connectivity index (χ4v) is 6.86. The van der Waals surface area contributed by atoms with Crippen LogP contribution in [0.15, 0.2) is 97.1 Å². The Kier molecular flexibility index (Phi) is 6.12. The number of para-hydroxylation sites is 1. The summed E-state index contributed by atoms with van der Waals surface area (Å²) in [6, 6.07) is 27.4. The lowest BCUT2D eigenvalue weighted by atomic mass is 9.55. The fraction of sp³-hybridized carbons (Fsp3) is 0.152. The predicted molar refractivity (Wildman–Crippen MR) is 154 cm³/mol. The van der Waals surface area contributed by atoms with Crippen LogP contribution in [0.1, 0.15) is 44.4 Å². The molecular weight excluding hydrogens is 550 g/mol. The lowest BCUT2D eigenvalue weighted by Crippen LogP contribution is -2.41. The Hall–Kier alpha value is -5.64. The Bertz CT molecular complexity index is 1750. The number of nitro groups is 1. The molecule has 1 N–H and O–H groups in total. The van der Waals surface area contributed by atoms with Crippen LogP contribution in [0.2, 0.25) is 0 Å². The first-order valence-electron chi connectivity index (χ1n) is 13.7. The van der Waals surface area contributed by atoms with Crippen molar-refractivity contribution in [3.63, 3.8) is 0 Å². The molecular formula is C33H23N3O7. The van der Waals surface area contributed by atoms with Crippen LogP contribution in [0.25, 0.3) is 0 Å². The smallest absolute Gasteiger partial charge is 0.340 e. The number of carbonyl (C=O) groups excluding carboxylic acids is 4. The molecule has 43 heavy (non-hydrogen) atoms. The van der Waals surface area contributed by atoms with Crippen molar-refractivity contribution < 1.29 is 28.8 Å². The van der Waals surface area contributed by atoms with Gasteiger partial charge in [0.05, 0.1) is 28.0 Å². The van der Waals surface area contributed by atoms with E-state index in [0.29, 0.717) is 0 Å². The zero-order valence-electron chi connectivity index (χ0n) is 22.5. The maximum Gasteiger partial charge on any atom is 0.340 e. The van der Waals surface area contributed by atoms with Crippen molar-refractivity contribution >= 4 is 40.8 Å². The molecule has 8 rings (SSSR count). The van der Waals surface area contributed by atoms with Gasteiger partial charge in [-0.15, -0.1) is 0 Å². The van der Waals surface area contributed by atoms with Crippen LogP contribution in [-0.2, 0) is 19.1 Å². The van der Waals surface area contributed by atoms with Gasteiger partial charge in [0.25, 0.3) is 11.6 Å². The Morgan fingerprint density at radius 1 is 0.767 bits per heavy atom. The van der Waals surface area contributed by atoms with Gasteiger partial charge in [0, 0.05) is 29.7 Å². The molecule has 3 amide bonds. The minimum Gasteiger partial charge on any atom is -0.452 e. The Labute approximate surface area is 245 Å². The van der Waals surface area contributed by atoms with Gasteiger partial charge in [0.1, 0.15) is 0 Å². The molecule has 0 saturated carbocycles. The average Bonchev–Trinajstić information content (AvgIpc) is 3.29. The van der Waals surface area contributed by atoms with Crippen molar-refractivity contribution in [2.45, 2.75) is 11.8 Å². The number of amides is 3. The highest BCUT2D eigenvalue weighted by molar-refractivity contribution is 6.25. The molecule has 1 saturated heterocycles. The summed E-state index contributed by atoms with van der Waals surface area (Å²) in [4.78, 5) is 65.4. The van der Waals surface area contributed by atoms with Gasteiger partial charge in [-0.25, -0.2) is 9.69 Å². The van der Waals surface area contributed by atoms with Crippen LogP contribution in [0.3, 0.4) is 0 Å². The van der Waals surface area contributed by atoms with Crippen molar-refractivity contribution in [1.82, 2.24) is 0 Å². The molecule has 10 heteroatoms. The van der Waals surface area contributed by atoms with E-state index in [1.54, 1.807) is 12.1 Å². The molecule has 1 heterocycles. The zero-order chi connectivity index (χ0) is 29.8. The molecule has 0 unspecified atom stereocenters. The SMILES string of the molecule is O=C(COC(=O)c1ccccc1N1C(=O)[C@@H]2C3c4ccccc4C(c4ccccc43)[C@H]2C1=O)Nc1cccc([N+](=O)[O-])c1. The summed E-state index contributed by atoms with van der Waals surface area (Å²) in [5, 5.41) is 13.5. The van der Waals surface area contributed by atoms with Gasteiger partial charge in [0.2, 0.25) is 11.8 Å². The van der Waals surface area contributed by atoms with E-state index in [-0.39, 0.29) is 46.3 Å². The number of benzene rings is 4. The summed E-state index contributed by atoms with van der Waals surface area (Å²) in [7, 11) is 0. The molecule has 4 aliphatic rings. The molecule has 212 valence electrons. The summed E-state index contributed by atoms with van der Waals surface area (Å²) >= 11 is 0. The highest BCUT2D eigenvalue weighted by atomic mass is 16.6. The highest BCUT2D eigenvalue weighted by Gasteiger charge is 2.62. The second kappa shape index (κ2) is 10.0. The number of rotatable bonds is 6. The van der Waals surface area contributed by atoms with Crippen molar-refractivity contribution in [2.75, 3.05) is 16.8 Å². The minimum atomic E-state index is -0.894. The van der Waals surface area contributed by atoms with Crippen LogP contribution < -0.4 is 10.2 Å². The molecule has 1 aliphatic heterocycles. The third kappa shape index (κ3) is 4.10. The van der Waals surface area contributed by atoms with Gasteiger partial charge in [-0.2, -0.15) is 0 Å². The third-order valence-electron chi connectivity index (χ3n) is 8.49. The summed E-state index contributed by atoms with van der Waals surface area (Å²) in [6.45, 7) is -0.683. The van der Waals surface area contributed by atoms with Gasteiger partial charge in [0.15, 0.2) is 6.61 Å². The normalized spacial score (nSPS) is 21.1. The largest absolute Gasteiger partial charge is 0.452 e. The summed E-state index contributed by atoms with van der Waals surface area (Å²) in [5.41, 5.74) is 4.19. The van der Waals surface area contributed by atoms with Crippen LogP contribution >= 0.6 is 0 Å². The fourth-order valence-electron chi connectivity index (χ4n) is 6.86. The molecule has 0 aromatic heterocycles. The van der Waals surface area contributed by atoms with Crippen LogP contribution in [-0.4, -0.2) is 35.2 Å². The Balaban J connectivity index is 1.15. The number of imide groups is 1. The molecule has 4 aromatic carbocycles. The number of carbonyl (C=O) groups is 4. The standard InChI is InChI=1S/C33H23N3O7/c37-26(34-18-8-7-9-19(16-18)36(41)42)17-43-33(40)24-14-5-6-15-25(24)35-31(38)29-27-20-10-1-2-11-21(20)28(30(29)32(35)39)23-13-4-3-12-22(23)27/h1-16,27-30H,17H2,(H,34,37)/t27?,28?,29-,30-/m1/s1.